The molecule has 1 aliphatic rings. The summed E-state index contributed by atoms with van der Waals surface area (Å²) in [4.78, 5) is 21.6. The standard InChI is InChI=1S/C21H28N4O.2ClH/c1-3-13-24(4-2)19-9-7-17(8-10-19)21(26)25-14-12-23-16-20(25)18-6-5-11-22-15-18;;/h5-11,15,20,23H,3-4,12-14,16H2,1-2H3;2*1H. The summed E-state index contributed by atoms with van der Waals surface area (Å²) in [6.07, 6.45) is 4.73. The zero-order valence-electron chi connectivity index (χ0n) is 16.5. The fourth-order valence-electron chi connectivity index (χ4n) is 3.54. The highest BCUT2D eigenvalue weighted by atomic mass is 35.5. The van der Waals surface area contributed by atoms with Crippen LogP contribution in [0.2, 0.25) is 0 Å². The summed E-state index contributed by atoms with van der Waals surface area (Å²) in [5.41, 5.74) is 3.00. The number of aromatic nitrogens is 1. The molecule has 2 heterocycles. The summed E-state index contributed by atoms with van der Waals surface area (Å²) >= 11 is 0. The number of anilines is 1. The van der Waals surface area contributed by atoms with Crippen molar-refractivity contribution < 1.29 is 4.79 Å². The van der Waals surface area contributed by atoms with Crippen molar-refractivity contribution in [2.75, 3.05) is 37.6 Å². The van der Waals surface area contributed by atoms with E-state index in [1.807, 2.05) is 35.4 Å². The molecular weight excluding hydrogens is 395 g/mol. The molecule has 1 unspecified atom stereocenters. The number of benzene rings is 1. The molecule has 0 aliphatic carbocycles. The topological polar surface area (TPSA) is 48.5 Å². The van der Waals surface area contributed by atoms with E-state index < -0.39 is 0 Å². The molecule has 1 aromatic heterocycles. The summed E-state index contributed by atoms with van der Waals surface area (Å²) < 4.78 is 0. The number of pyridine rings is 1. The van der Waals surface area contributed by atoms with E-state index in [9.17, 15) is 4.79 Å². The predicted octanol–water partition coefficient (Wildman–Crippen LogP) is 3.95. The van der Waals surface area contributed by atoms with Gasteiger partial charge in [-0.25, -0.2) is 0 Å². The monoisotopic (exact) mass is 424 g/mol. The second-order valence-corrected chi connectivity index (χ2v) is 6.63. The Hall–Kier alpha value is -1.82. The van der Waals surface area contributed by atoms with Crippen molar-refractivity contribution in [2.45, 2.75) is 26.3 Å². The van der Waals surface area contributed by atoms with E-state index in [4.69, 9.17) is 0 Å². The van der Waals surface area contributed by atoms with Crippen molar-refractivity contribution >= 4 is 36.4 Å². The van der Waals surface area contributed by atoms with Crippen molar-refractivity contribution in [2.24, 2.45) is 0 Å². The van der Waals surface area contributed by atoms with Crippen molar-refractivity contribution in [3.8, 4) is 0 Å². The first-order chi connectivity index (χ1) is 12.7. The number of hydrogen-bond acceptors (Lipinski definition) is 4. The van der Waals surface area contributed by atoms with Gasteiger partial charge in [0.05, 0.1) is 6.04 Å². The van der Waals surface area contributed by atoms with Gasteiger partial charge in [-0.1, -0.05) is 13.0 Å². The third-order valence-electron chi connectivity index (χ3n) is 4.93. The van der Waals surface area contributed by atoms with Gasteiger partial charge < -0.3 is 15.1 Å². The van der Waals surface area contributed by atoms with Crippen molar-refractivity contribution in [1.29, 1.82) is 0 Å². The Bertz CT molecular complexity index is 712. The van der Waals surface area contributed by atoms with Crippen LogP contribution in [0.4, 0.5) is 5.69 Å². The van der Waals surface area contributed by atoms with E-state index in [2.05, 4.69) is 41.2 Å². The maximum absolute atomic E-state index is 13.1. The molecule has 1 atom stereocenters. The highest BCUT2D eigenvalue weighted by Crippen LogP contribution is 2.24. The lowest BCUT2D eigenvalue weighted by Crippen LogP contribution is -2.48. The van der Waals surface area contributed by atoms with E-state index in [1.165, 1.54) is 5.69 Å². The highest BCUT2D eigenvalue weighted by molar-refractivity contribution is 5.95. The van der Waals surface area contributed by atoms with Gasteiger partial charge in [-0.3, -0.25) is 9.78 Å². The normalized spacial score (nSPS) is 15.9. The van der Waals surface area contributed by atoms with Crippen LogP contribution in [0.3, 0.4) is 0 Å². The van der Waals surface area contributed by atoms with Crippen LogP contribution in [-0.4, -0.2) is 48.5 Å². The number of carbonyl (C=O) groups is 1. The molecule has 154 valence electrons. The number of rotatable bonds is 6. The molecule has 1 saturated heterocycles. The van der Waals surface area contributed by atoms with E-state index in [-0.39, 0.29) is 36.8 Å². The van der Waals surface area contributed by atoms with Crippen LogP contribution in [0.15, 0.2) is 48.8 Å². The summed E-state index contributed by atoms with van der Waals surface area (Å²) in [6.45, 7) is 8.64. The lowest BCUT2D eigenvalue weighted by Gasteiger charge is -2.36. The van der Waals surface area contributed by atoms with Gasteiger partial charge >= 0.3 is 0 Å². The number of carbonyl (C=O) groups excluding carboxylic acids is 1. The molecule has 1 aliphatic heterocycles. The van der Waals surface area contributed by atoms with Crippen molar-refractivity contribution in [3.63, 3.8) is 0 Å². The second-order valence-electron chi connectivity index (χ2n) is 6.63. The molecule has 1 amide bonds. The molecule has 5 nitrogen and oxygen atoms in total. The fourth-order valence-corrected chi connectivity index (χ4v) is 3.54. The Balaban J connectivity index is 0.00000196. The molecule has 0 spiro atoms. The SMILES string of the molecule is CCCN(CC)c1ccc(C(=O)N2CCNCC2c2cccnc2)cc1.Cl.Cl. The minimum Gasteiger partial charge on any atom is -0.372 e. The Morgan fingerprint density at radius 2 is 1.96 bits per heavy atom. The van der Waals surface area contributed by atoms with E-state index in [0.717, 1.165) is 43.7 Å². The molecule has 0 saturated carbocycles. The van der Waals surface area contributed by atoms with Crippen LogP contribution in [-0.2, 0) is 0 Å². The summed E-state index contributed by atoms with van der Waals surface area (Å²) in [5.74, 6) is 0.0884. The fraction of sp³-hybridized carbons (Fsp3) is 0.429. The summed E-state index contributed by atoms with van der Waals surface area (Å²) in [7, 11) is 0. The van der Waals surface area contributed by atoms with Crippen LogP contribution in [0.25, 0.3) is 0 Å². The predicted molar refractivity (Wildman–Crippen MR) is 120 cm³/mol. The Kier molecular flexibility index (Phi) is 10.3. The third-order valence-corrected chi connectivity index (χ3v) is 4.93. The van der Waals surface area contributed by atoms with Crippen LogP contribution in [0, 0.1) is 0 Å². The Labute approximate surface area is 180 Å². The van der Waals surface area contributed by atoms with Crippen LogP contribution < -0.4 is 10.2 Å². The molecule has 2 aromatic rings. The van der Waals surface area contributed by atoms with Gasteiger partial charge in [0, 0.05) is 56.4 Å². The highest BCUT2D eigenvalue weighted by Gasteiger charge is 2.28. The summed E-state index contributed by atoms with van der Waals surface area (Å²) in [6, 6.07) is 12.0. The lowest BCUT2D eigenvalue weighted by molar-refractivity contribution is 0.0634. The average Bonchev–Trinajstić information content (AvgIpc) is 2.72. The number of piperazine rings is 1. The zero-order chi connectivity index (χ0) is 18.4. The van der Waals surface area contributed by atoms with Crippen LogP contribution in [0.5, 0.6) is 0 Å². The first-order valence-electron chi connectivity index (χ1n) is 9.51. The maximum atomic E-state index is 13.1. The smallest absolute Gasteiger partial charge is 0.254 e. The Morgan fingerprint density at radius 1 is 1.21 bits per heavy atom. The second kappa shape index (κ2) is 11.9. The third kappa shape index (κ3) is 5.60. The van der Waals surface area contributed by atoms with Gasteiger partial charge in [-0.2, -0.15) is 0 Å². The molecule has 0 bridgehead atoms. The number of nitrogens with one attached hydrogen (secondary N) is 1. The quantitative estimate of drug-likeness (QED) is 0.762. The van der Waals surface area contributed by atoms with Gasteiger partial charge in [0.15, 0.2) is 0 Å². The largest absolute Gasteiger partial charge is 0.372 e. The van der Waals surface area contributed by atoms with Crippen LogP contribution in [0.1, 0.15) is 42.2 Å². The Morgan fingerprint density at radius 3 is 2.57 bits per heavy atom. The van der Waals surface area contributed by atoms with Crippen LogP contribution >= 0.6 is 24.8 Å². The van der Waals surface area contributed by atoms with E-state index in [0.29, 0.717) is 6.54 Å². The van der Waals surface area contributed by atoms with E-state index >= 15 is 0 Å². The minimum atomic E-state index is 0. The minimum absolute atomic E-state index is 0. The van der Waals surface area contributed by atoms with E-state index in [1.54, 1.807) is 6.20 Å². The molecule has 28 heavy (non-hydrogen) atoms. The van der Waals surface area contributed by atoms with Gasteiger partial charge in [-0.15, -0.1) is 24.8 Å². The zero-order valence-corrected chi connectivity index (χ0v) is 18.1. The van der Waals surface area contributed by atoms with Gasteiger partial charge in [-0.05, 0) is 49.2 Å². The molecule has 1 fully saturated rings. The number of amides is 1. The lowest BCUT2D eigenvalue weighted by atomic mass is 10.0. The van der Waals surface area contributed by atoms with Crippen molar-refractivity contribution in [1.82, 2.24) is 15.2 Å². The molecule has 1 aromatic carbocycles. The molecule has 3 rings (SSSR count). The number of nitrogens with zero attached hydrogens (tertiary/aromatic N) is 3. The summed E-state index contributed by atoms with van der Waals surface area (Å²) in [5, 5.41) is 3.39. The average molecular weight is 425 g/mol. The molecule has 1 N–H and O–H groups in total. The first kappa shape index (κ1) is 24.2. The van der Waals surface area contributed by atoms with Gasteiger partial charge in [0.25, 0.3) is 5.91 Å². The van der Waals surface area contributed by atoms with Crippen molar-refractivity contribution in [3.05, 3.63) is 59.9 Å². The van der Waals surface area contributed by atoms with Gasteiger partial charge in [0.1, 0.15) is 0 Å². The molecule has 0 radical (unpaired) electrons. The number of halogens is 2. The first-order valence-corrected chi connectivity index (χ1v) is 9.51. The molecule has 7 heteroatoms. The maximum Gasteiger partial charge on any atom is 0.254 e. The molecular formula is C21H30Cl2N4O. The van der Waals surface area contributed by atoms with Gasteiger partial charge in [0.2, 0.25) is 0 Å². The number of hydrogen-bond donors (Lipinski definition) is 1.